The summed E-state index contributed by atoms with van der Waals surface area (Å²) in [5.41, 5.74) is 4.63. The van der Waals surface area contributed by atoms with Gasteiger partial charge in [0.1, 0.15) is 5.69 Å². The highest BCUT2D eigenvalue weighted by atomic mass is 16.2. The van der Waals surface area contributed by atoms with Crippen molar-refractivity contribution in [2.75, 3.05) is 22.1 Å². The number of hydrogen-bond donors (Lipinski definition) is 2. The van der Waals surface area contributed by atoms with Crippen LogP contribution in [-0.4, -0.2) is 28.3 Å². The molecule has 0 atom stereocenters. The van der Waals surface area contributed by atoms with E-state index in [2.05, 4.69) is 20.6 Å². The van der Waals surface area contributed by atoms with Crippen LogP contribution < -0.4 is 15.5 Å². The van der Waals surface area contributed by atoms with Crippen molar-refractivity contribution in [2.45, 2.75) is 20.3 Å². The van der Waals surface area contributed by atoms with Gasteiger partial charge in [-0.15, -0.1) is 0 Å². The Bertz CT molecular complexity index is 1080. The van der Waals surface area contributed by atoms with Gasteiger partial charge in [0.15, 0.2) is 0 Å². The Balaban J connectivity index is 1.55. The molecule has 0 saturated heterocycles. The first-order chi connectivity index (χ1) is 14.0. The topological polar surface area (TPSA) is 87.2 Å². The molecule has 2 aromatic carbocycles. The van der Waals surface area contributed by atoms with Crippen LogP contribution in [0.4, 0.5) is 23.0 Å². The molecule has 1 aliphatic rings. The van der Waals surface area contributed by atoms with Gasteiger partial charge in [-0.05, 0) is 55.3 Å². The van der Waals surface area contributed by atoms with Crippen molar-refractivity contribution in [1.29, 1.82) is 0 Å². The lowest BCUT2D eigenvalue weighted by molar-refractivity contribution is -0.114. The number of rotatable bonds is 4. The minimum absolute atomic E-state index is 0.126. The summed E-state index contributed by atoms with van der Waals surface area (Å²) >= 11 is 0. The Morgan fingerprint density at radius 3 is 2.48 bits per heavy atom. The van der Waals surface area contributed by atoms with Crippen LogP contribution in [0.5, 0.6) is 0 Å². The molecule has 0 unspecified atom stereocenters. The number of amides is 2. The van der Waals surface area contributed by atoms with Crippen molar-refractivity contribution in [3.05, 3.63) is 71.5 Å². The van der Waals surface area contributed by atoms with Crippen LogP contribution in [0, 0.1) is 6.92 Å². The van der Waals surface area contributed by atoms with Crippen molar-refractivity contribution in [1.82, 2.24) is 9.97 Å². The lowest BCUT2D eigenvalue weighted by atomic mass is 10.2. The fourth-order valence-corrected chi connectivity index (χ4v) is 3.39. The van der Waals surface area contributed by atoms with Crippen LogP contribution in [0.3, 0.4) is 0 Å². The highest BCUT2D eigenvalue weighted by molar-refractivity contribution is 6.06. The summed E-state index contributed by atoms with van der Waals surface area (Å²) in [6.45, 7) is 3.94. The molecule has 0 spiro atoms. The first kappa shape index (κ1) is 18.6. The molecule has 2 amide bonds. The Labute approximate surface area is 168 Å². The van der Waals surface area contributed by atoms with Crippen LogP contribution in [0.15, 0.2) is 54.6 Å². The Hall–Kier alpha value is -3.74. The second kappa shape index (κ2) is 7.71. The number of aryl methyl sites for hydroxylation is 1. The first-order valence-electron chi connectivity index (χ1n) is 9.40. The lowest BCUT2D eigenvalue weighted by Gasteiger charge is -2.17. The summed E-state index contributed by atoms with van der Waals surface area (Å²) < 4.78 is 0. The molecule has 3 aromatic rings. The molecule has 0 aliphatic carbocycles. The first-order valence-corrected chi connectivity index (χ1v) is 9.40. The molecule has 0 saturated carbocycles. The predicted molar refractivity (Wildman–Crippen MR) is 113 cm³/mol. The van der Waals surface area contributed by atoms with Gasteiger partial charge in [-0.1, -0.05) is 18.2 Å². The largest absolute Gasteiger partial charge is 0.326 e. The second-order valence-corrected chi connectivity index (χ2v) is 6.94. The number of aromatic nitrogens is 2. The maximum absolute atomic E-state index is 13.1. The molecule has 1 aliphatic heterocycles. The van der Waals surface area contributed by atoms with E-state index >= 15 is 0 Å². The summed E-state index contributed by atoms with van der Waals surface area (Å²) in [7, 11) is 0. The Morgan fingerprint density at radius 2 is 1.72 bits per heavy atom. The van der Waals surface area contributed by atoms with E-state index < -0.39 is 0 Å². The zero-order valence-corrected chi connectivity index (χ0v) is 16.3. The Morgan fingerprint density at radius 1 is 1.00 bits per heavy atom. The average molecular weight is 387 g/mol. The lowest BCUT2D eigenvalue weighted by Crippen LogP contribution is -2.30. The molecule has 0 radical (unpaired) electrons. The van der Waals surface area contributed by atoms with E-state index in [1.54, 1.807) is 23.1 Å². The van der Waals surface area contributed by atoms with Crippen molar-refractivity contribution in [2.24, 2.45) is 0 Å². The van der Waals surface area contributed by atoms with Gasteiger partial charge in [0, 0.05) is 36.2 Å². The summed E-state index contributed by atoms with van der Waals surface area (Å²) in [6.07, 6.45) is 0.845. The van der Waals surface area contributed by atoms with Gasteiger partial charge in [0.05, 0.1) is 0 Å². The number of nitrogens with one attached hydrogen (secondary N) is 2. The molecular weight excluding hydrogens is 366 g/mol. The summed E-state index contributed by atoms with van der Waals surface area (Å²) in [5.74, 6) is 0.0944. The molecule has 7 heteroatoms. The van der Waals surface area contributed by atoms with E-state index in [1.165, 1.54) is 12.5 Å². The molecular formula is C22H21N5O2. The fraction of sp³-hybridized carbons (Fsp3) is 0.182. The predicted octanol–water partition coefficient (Wildman–Crippen LogP) is 3.69. The van der Waals surface area contributed by atoms with Crippen LogP contribution >= 0.6 is 0 Å². The molecule has 0 fully saturated rings. The van der Waals surface area contributed by atoms with Gasteiger partial charge in [-0.2, -0.15) is 0 Å². The van der Waals surface area contributed by atoms with Crippen molar-refractivity contribution >= 4 is 34.8 Å². The fourth-order valence-electron chi connectivity index (χ4n) is 3.39. The maximum atomic E-state index is 13.1. The molecule has 29 heavy (non-hydrogen) atoms. The van der Waals surface area contributed by atoms with Gasteiger partial charge in [-0.3, -0.25) is 9.59 Å². The number of carbonyl (C=O) groups is 2. The smallest absolute Gasteiger partial charge is 0.277 e. The molecule has 2 heterocycles. The molecule has 1 aromatic heterocycles. The second-order valence-electron chi connectivity index (χ2n) is 6.94. The minimum Gasteiger partial charge on any atom is -0.326 e. The van der Waals surface area contributed by atoms with E-state index in [-0.39, 0.29) is 11.8 Å². The van der Waals surface area contributed by atoms with Crippen LogP contribution in [0.2, 0.25) is 0 Å². The van der Waals surface area contributed by atoms with Crippen LogP contribution in [-0.2, 0) is 11.2 Å². The standard InChI is InChI=1S/C22H21N5O2/c1-14-13-19(21(29)27-12-11-16-5-3-4-6-20(16)27)26-22(23-14)25-18-9-7-17(8-10-18)24-15(2)28/h3-10,13H,11-12H2,1-2H3,(H,24,28)(H,23,25,26). The number of benzene rings is 2. The molecule has 4 rings (SSSR count). The van der Waals surface area contributed by atoms with Crippen molar-refractivity contribution in [3.8, 4) is 0 Å². The van der Waals surface area contributed by atoms with E-state index in [9.17, 15) is 9.59 Å². The number of nitrogens with zero attached hydrogens (tertiary/aromatic N) is 3. The monoisotopic (exact) mass is 387 g/mol. The third-order valence-electron chi connectivity index (χ3n) is 4.67. The summed E-state index contributed by atoms with van der Waals surface area (Å²) in [4.78, 5) is 34.8. The van der Waals surface area contributed by atoms with Gasteiger partial charge < -0.3 is 15.5 Å². The quantitative estimate of drug-likeness (QED) is 0.713. The molecule has 0 bridgehead atoms. The third kappa shape index (κ3) is 4.08. The molecule has 146 valence electrons. The molecule has 2 N–H and O–H groups in total. The zero-order valence-electron chi connectivity index (χ0n) is 16.3. The number of anilines is 4. The van der Waals surface area contributed by atoms with E-state index in [0.29, 0.717) is 29.6 Å². The Kier molecular flexibility index (Phi) is 4.95. The summed E-state index contributed by atoms with van der Waals surface area (Å²) in [6, 6.07) is 16.8. The number of para-hydroxylation sites is 1. The van der Waals surface area contributed by atoms with Gasteiger partial charge in [-0.25, -0.2) is 9.97 Å². The number of carbonyl (C=O) groups excluding carboxylic acids is 2. The normalized spacial score (nSPS) is 12.4. The highest BCUT2D eigenvalue weighted by Crippen LogP contribution is 2.29. The van der Waals surface area contributed by atoms with E-state index in [1.807, 2.05) is 43.3 Å². The van der Waals surface area contributed by atoms with Crippen LogP contribution in [0.25, 0.3) is 0 Å². The third-order valence-corrected chi connectivity index (χ3v) is 4.67. The van der Waals surface area contributed by atoms with Gasteiger partial charge in [0.2, 0.25) is 11.9 Å². The summed E-state index contributed by atoms with van der Waals surface area (Å²) in [5, 5.41) is 5.84. The highest BCUT2D eigenvalue weighted by Gasteiger charge is 2.26. The van der Waals surface area contributed by atoms with Crippen molar-refractivity contribution in [3.63, 3.8) is 0 Å². The van der Waals surface area contributed by atoms with E-state index in [4.69, 9.17) is 0 Å². The zero-order chi connectivity index (χ0) is 20.4. The number of hydrogen-bond acceptors (Lipinski definition) is 5. The average Bonchev–Trinajstić information content (AvgIpc) is 3.12. The van der Waals surface area contributed by atoms with Crippen molar-refractivity contribution < 1.29 is 9.59 Å². The minimum atomic E-state index is -0.135. The SMILES string of the molecule is CC(=O)Nc1ccc(Nc2nc(C)cc(C(=O)N3CCc4ccccc43)n2)cc1. The van der Waals surface area contributed by atoms with Crippen LogP contribution in [0.1, 0.15) is 28.7 Å². The number of fused-ring (bicyclic) bond motifs is 1. The van der Waals surface area contributed by atoms with Gasteiger partial charge in [0.25, 0.3) is 5.91 Å². The maximum Gasteiger partial charge on any atom is 0.277 e. The van der Waals surface area contributed by atoms with Gasteiger partial charge >= 0.3 is 0 Å². The van der Waals surface area contributed by atoms with E-state index in [0.717, 1.165) is 17.8 Å². The molecule has 7 nitrogen and oxygen atoms in total.